The summed E-state index contributed by atoms with van der Waals surface area (Å²) in [5.41, 5.74) is 2.77. The van der Waals surface area contributed by atoms with Gasteiger partial charge in [-0.15, -0.1) is 11.8 Å². The summed E-state index contributed by atoms with van der Waals surface area (Å²) in [5.74, 6) is -0.241. The lowest BCUT2D eigenvalue weighted by Gasteiger charge is -2.06. The number of rotatable bonds is 3. The molecule has 1 aromatic carbocycles. The molecule has 0 aromatic heterocycles. The third-order valence-electron chi connectivity index (χ3n) is 1.52. The second-order valence-electron chi connectivity index (χ2n) is 2.27. The molecule has 0 aliphatic carbocycles. The number of hydrogen-bond donors (Lipinski definition) is 2. The summed E-state index contributed by atoms with van der Waals surface area (Å²) in [6, 6.07) is 4.81. The molecule has 0 heterocycles. The SMILES string of the molecule is CSc1c(F)cccc1CNO. The third-order valence-corrected chi connectivity index (χ3v) is 2.39. The van der Waals surface area contributed by atoms with Crippen molar-refractivity contribution in [2.45, 2.75) is 11.4 Å². The van der Waals surface area contributed by atoms with Crippen molar-refractivity contribution < 1.29 is 9.60 Å². The minimum atomic E-state index is -0.241. The average molecular weight is 187 g/mol. The monoisotopic (exact) mass is 187 g/mol. The van der Waals surface area contributed by atoms with E-state index in [9.17, 15) is 4.39 Å². The topological polar surface area (TPSA) is 32.3 Å². The maximum atomic E-state index is 13.0. The molecule has 1 rings (SSSR count). The van der Waals surface area contributed by atoms with Crippen LogP contribution in [0.2, 0.25) is 0 Å². The van der Waals surface area contributed by atoms with Gasteiger partial charge in [0, 0.05) is 11.4 Å². The fourth-order valence-electron chi connectivity index (χ4n) is 1.01. The zero-order valence-corrected chi connectivity index (χ0v) is 7.49. The smallest absolute Gasteiger partial charge is 0.137 e. The van der Waals surface area contributed by atoms with Gasteiger partial charge in [-0.1, -0.05) is 12.1 Å². The van der Waals surface area contributed by atoms with Crippen molar-refractivity contribution in [2.75, 3.05) is 6.26 Å². The summed E-state index contributed by atoms with van der Waals surface area (Å²) in [4.78, 5) is 0.582. The molecule has 0 fully saturated rings. The number of thioether (sulfide) groups is 1. The Hall–Kier alpha value is -0.580. The molecule has 0 spiro atoms. The van der Waals surface area contributed by atoms with Crippen molar-refractivity contribution in [2.24, 2.45) is 0 Å². The van der Waals surface area contributed by atoms with Crippen LogP contribution in [-0.4, -0.2) is 11.5 Å². The van der Waals surface area contributed by atoms with E-state index in [0.717, 1.165) is 5.56 Å². The average Bonchev–Trinajstić information content (AvgIpc) is 2.05. The van der Waals surface area contributed by atoms with Crippen LogP contribution in [0.4, 0.5) is 4.39 Å². The van der Waals surface area contributed by atoms with Crippen molar-refractivity contribution in [1.82, 2.24) is 5.48 Å². The molecular formula is C8H10FNOS. The summed E-state index contributed by atoms with van der Waals surface area (Å²) in [7, 11) is 0. The number of hydrogen-bond acceptors (Lipinski definition) is 3. The molecule has 0 aliphatic rings. The summed E-state index contributed by atoms with van der Waals surface area (Å²) in [6.07, 6.45) is 1.80. The highest BCUT2D eigenvalue weighted by Crippen LogP contribution is 2.23. The van der Waals surface area contributed by atoms with Crippen LogP contribution in [0.1, 0.15) is 5.56 Å². The Morgan fingerprint density at radius 1 is 1.58 bits per heavy atom. The van der Waals surface area contributed by atoms with Gasteiger partial charge in [-0.2, -0.15) is 0 Å². The molecule has 0 aliphatic heterocycles. The number of nitrogens with one attached hydrogen (secondary N) is 1. The van der Waals surface area contributed by atoms with Crippen molar-refractivity contribution in [3.8, 4) is 0 Å². The van der Waals surface area contributed by atoms with Gasteiger partial charge < -0.3 is 5.21 Å². The molecule has 66 valence electrons. The lowest BCUT2D eigenvalue weighted by Crippen LogP contribution is -2.07. The van der Waals surface area contributed by atoms with E-state index in [-0.39, 0.29) is 12.4 Å². The van der Waals surface area contributed by atoms with Crippen LogP contribution in [0.15, 0.2) is 23.1 Å². The highest BCUT2D eigenvalue weighted by Gasteiger charge is 2.05. The Morgan fingerprint density at radius 3 is 2.92 bits per heavy atom. The van der Waals surface area contributed by atoms with Gasteiger partial charge in [0.15, 0.2) is 0 Å². The summed E-state index contributed by atoms with van der Waals surface area (Å²) >= 11 is 1.34. The molecule has 2 N–H and O–H groups in total. The van der Waals surface area contributed by atoms with E-state index in [4.69, 9.17) is 5.21 Å². The zero-order chi connectivity index (χ0) is 8.97. The molecule has 0 unspecified atom stereocenters. The Morgan fingerprint density at radius 2 is 2.33 bits per heavy atom. The highest BCUT2D eigenvalue weighted by molar-refractivity contribution is 7.98. The van der Waals surface area contributed by atoms with Crippen molar-refractivity contribution in [1.29, 1.82) is 0 Å². The van der Waals surface area contributed by atoms with E-state index < -0.39 is 0 Å². The van der Waals surface area contributed by atoms with Gasteiger partial charge in [0.2, 0.25) is 0 Å². The van der Waals surface area contributed by atoms with Crippen molar-refractivity contribution >= 4 is 11.8 Å². The molecule has 0 saturated heterocycles. The number of halogens is 1. The summed E-state index contributed by atoms with van der Waals surface area (Å²) < 4.78 is 13.0. The molecule has 0 bridgehead atoms. The lowest BCUT2D eigenvalue weighted by atomic mass is 10.2. The first kappa shape index (κ1) is 9.51. The van der Waals surface area contributed by atoms with E-state index in [1.54, 1.807) is 18.4 Å². The van der Waals surface area contributed by atoms with Crippen LogP contribution in [-0.2, 0) is 6.54 Å². The van der Waals surface area contributed by atoms with Crippen molar-refractivity contribution in [3.63, 3.8) is 0 Å². The first-order valence-electron chi connectivity index (χ1n) is 3.48. The van der Waals surface area contributed by atoms with Crippen LogP contribution >= 0.6 is 11.8 Å². The van der Waals surface area contributed by atoms with Crippen LogP contribution in [0.25, 0.3) is 0 Å². The minimum Gasteiger partial charge on any atom is -0.316 e. The summed E-state index contributed by atoms with van der Waals surface area (Å²) in [5, 5.41) is 8.45. The lowest BCUT2D eigenvalue weighted by molar-refractivity contribution is 0.160. The third kappa shape index (κ3) is 1.97. The van der Waals surface area contributed by atoms with E-state index in [1.165, 1.54) is 17.8 Å². The van der Waals surface area contributed by atoms with Crippen LogP contribution < -0.4 is 5.48 Å². The Kier molecular flexibility index (Phi) is 3.52. The van der Waals surface area contributed by atoms with Crippen LogP contribution in [0, 0.1) is 5.82 Å². The quantitative estimate of drug-likeness (QED) is 0.561. The first-order valence-corrected chi connectivity index (χ1v) is 4.70. The fourth-order valence-corrected chi connectivity index (χ4v) is 1.67. The standard InChI is InChI=1S/C8H10FNOS/c1-12-8-6(5-10-11)3-2-4-7(8)9/h2-4,10-11H,5H2,1H3. The molecule has 0 radical (unpaired) electrons. The summed E-state index contributed by atoms with van der Waals surface area (Å²) in [6.45, 7) is 0.272. The molecule has 0 amide bonds. The highest BCUT2D eigenvalue weighted by atomic mass is 32.2. The zero-order valence-electron chi connectivity index (χ0n) is 6.67. The minimum absolute atomic E-state index is 0.241. The maximum absolute atomic E-state index is 13.0. The van der Waals surface area contributed by atoms with E-state index in [2.05, 4.69) is 0 Å². The molecule has 1 aromatic rings. The first-order chi connectivity index (χ1) is 5.79. The Labute approximate surface area is 74.7 Å². The number of hydroxylamine groups is 1. The van der Waals surface area contributed by atoms with Crippen LogP contribution in [0.5, 0.6) is 0 Å². The maximum Gasteiger partial charge on any atom is 0.137 e. The number of benzene rings is 1. The van der Waals surface area contributed by atoms with Crippen LogP contribution in [0.3, 0.4) is 0 Å². The van der Waals surface area contributed by atoms with E-state index in [1.807, 2.05) is 5.48 Å². The molecule has 12 heavy (non-hydrogen) atoms. The fraction of sp³-hybridized carbons (Fsp3) is 0.250. The van der Waals surface area contributed by atoms with Gasteiger partial charge in [0.1, 0.15) is 5.82 Å². The van der Waals surface area contributed by atoms with Gasteiger partial charge >= 0.3 is 0 Å². The van der Waals surface area contributed by atoms with Crippen molar-refractivity contribution in [3.05, 3.63) is 29.6 Å². The van der Waals surface area contributed by atoms with Gasteiger partial charge in [-0.05, 0) is 17.9 Å². The molecule has 0 saturated carbocycles. The Balaban J connectivity index is 3.00. The predicted molar refractivity (Wildman–Crippen MR) is 46.8 cm³/mol. The second kappa shape index (κ2) is 4.45. The predicted octanol–water partition coefficient (Wildman–Crippen LogP) is 2.03. The molecule has 2 nitrogen and oxygen atoms in total. The largest absolute Gasteiger partial charge is 0.316 e. The van der Waals surface area contributed by atoms with Gasteiger partial charge in [-0.25, -0.2) is 9.87 Å². The second-order valence-corrected chi connectivity index (χ2v) is 3.08. The molecule has 4 heteroatoms. The molecular weight excluding hydrogens is 177 g/mol. The van der Waals surface area contributed by atoms with Gasteiger partial charge in [0.25, 0.3) is 0 Å². The van der Waals surface area contributed by atoms with E-state index >= 15 is 0 Å². The van der Waals surface area contributed by atoms with Gasteiger partial charge in [0.05, 0.1) is 0 Å². The van der Waals surface area contributed by atoms with Gasteiger partial charge in [-0.3, -0.25) is 0 Å². The Bertz CT molecular complexity index is 267. The molecule has 0 atom stereocenters. The normalized spacial score (nSPS) is 10.2. The van der Waals surface area contributed by atoms with E-state index in [0.29, 0.717) is 4.90 Å².